The van der Waals surface area contributed by atoms with Crippen molar-refractivity contribution in [2.24, 2.45) is 0 Å². The largest absolute Gasteiger partial charge is 0.488 e. The third kappa shape index (κ3) is 3.81. The van der Waals surface area contributed by atoms with Gasteiger partial charge in [-0.15, -0.1) is 0 Å². The predicted molar refractivity (Wildman–Crippen MR) is 91.3 cm³/mol. The maximum Gasteiger partial charge on any atom is 0.339 e. The molecule has 0 N–H and O–H groups in total. The van der Waals surface area contributed by atoms with Gasteiger partial charge in [-0.25, -0.2) is 4.79 Å². The van der Waals surface area contributed by atoms with E-state index in [0.29, 0.717) is 12.2 Å². The molecule has 1 aromatic carbocycles. The molecule has 23 heavy (non-hydrogen) atoms. The van der Waals surface area contributed by atoms with Crippen molar-refractivity contribution in [3.8, 4) is 0 Å². The minimum Gasteiger partial charge on any atom is -0.488 e. The molecule has 0 saturated heterocycles. The monoisotopic (exact) mass is 327 g/mol. The van der Waals surface area contributed by atoms with Crippen molar-refractivity contribution in [3.05, 3.63) is 82.4 Å². The van der Waals surface area contributed by atoms with Crippen LogP contribution in [0.15, 0.2) is 76.3 Å². The molecule has 0 amide bonds. The fraction of sp³-hybridized carbons (Fsp3) is 0.111. The number of esters is 1. The van der Waals surface area contributed by atoms with Crippen molar-refractivity contribution < 1.29 is 14.3 Å². The average molecular weight is 327 g/mol. The molecule has 0 aliphatic carbocycles. The van der Waals surface area contributed by atoms with Crippen LogP contribution in [-0.4, -0.2) is 18.1 Å². The van der Waals surface area contributed by atoms with Crippen LogP contribution in [0.1, 0.15) is 15.9 Å². The number of hydrogen-bond acceptors (Lipinski definition) is 4. The molecule has 0 saturated carbocycles. The molecular formula is C18H17NO3S. The smallest absolute Gasteiger partial charge is 0.339 e. The molecule has 1 unspecified atom stereocenters. The van der Waals surface area contributed by atoms with Gasteiger partial charge in [0.25, 0.3) is 0 Å². The Bertz CT molecular complexity index is 739. The van der Waals surface area contributed by atoms with Crippen molar-refractivity contribution in [2.45, 2.75) is 11.6 Å². The van der Waals surface area contributed by atoms with Crippen molar-refractivity contribution >= 4 is 16.9 Å². The van der Waals surface area contributed by atoms with E-state index >= 15 is 0 Å². The predicted octanol–water partition coefficient (Wildman–Crippen LogP) is 3.81. The van der Waals surface area contributed by atoms with E-state index in [1.54, 1.807) is 12.3 Å². The second-order valence-electron chi connectivity index (χ2n) is 4.93. The first-order valence-corrected chi connectivity index (χ1v) is 8.64. The number of methoxy groups -OCH3 is 1. The van der Waals surface area contributed by atoms with E-state index in [0.717, 1.165) is 16.3 Å². The van der Waals surface area contributed by atoms with Crippen molar-refractivity contribution in [2.75, 3.05) is 7.11 Å². The average Bonchev–Trinajstić information content (AvgIpc) is 3.09. The number of aromatic nitrogens is 1. The lowest BCUT2D eigenvalue weighted by Gasteiger charge is -2.09. The van der Waals surface area contributed by atoms with E-state index in [4.69, 9.17) is 4.74 Å². The molecule has 2 heterocycles. The van der Waals surface area contributed by atoms with Crippen molar-refractivity contribution in [1.82, 2.24) is 4.98 Å². The van der Waals surface area contributed by atoms with Crippen LogP contribution in [0.3, 0.4) is 0 Å². The van der Waals surface area contributed by atoms with Gasteiger partial charge in [-0.05, 0) is 29.2 Å². The molecule has 1 aromatic heterocycles. The number of hydrogen-bond donors (Lipinski definition) is 1. The lowest BCUT2D eigenvalue weighted by atomic mass is 10.2. The van der Waals surface area contributed by atoms with Gasteiger partial charge in [0.2, 0.25) is 0 Å². The van der Waals surface area contributed by atoms with Gasteiger partial charge >= 0.3 is 5.97 Å². The maximum absolute atomic E-state index is 11.4. The van der Waals surface area contributed by atoms with Crippen LogP contribution in [0, 0.1) is 0 Å². The molecular weight excluding hydrogens is 310 g/mol. The first-order valence-electron chi connectivity index (χ1n) is 7.16. The fourth-order valence-electron chi connectivity index (χ4n) is 2.12. The highest BCUT2D eigenvalue weighted by atomic mass is 32.2. The molecule has 0 fully saturated rings. The number of rotatable bonds is 5. The van der Waals surface area contributed by atoms with Gasteiger partial charge in [0.05, 0.1) is 17.7 Å². The minimum atomic E-state index is -0.627. The van der Waals surface area contributed by atoms with E-state index in [9.17, 15) is 4.79 Å². The molecule has 1 aliphatic heterocycles. The molecule has 0 bridgehead atoms. The topological polar surface area (TPSA) is 48.4 Å². The van der Waals surface area contributed by atoms with Crippen LogP contribution in [0.2, 0.25) is 0 Å². The highest BCUT2D eigenvalue weighted by Gasteiger charge is 2.12. The molecule has 5 heteroatoms. The van der Waals surface area contributed by atoms with Crippen molar-refractivity contribution in [1.29, 1.82) is 0 Å². The second kappa shape index (κ2) is 7.15. The van der Waals surface area contributed by atoms with Crippen LogP contribution in [0.5, 0.6) is 0 Å². The van der Waals surface area contributed by atoms with E-state index < -0.39 is 10.9 Å². The Hall–Kier alpha value is -2.53. The first-order chi connectivity index (χ1) is 11.3. The van der Waals surface area contributed by atoms with Gasteiger partial charge in [0, 0.05) is 11.6 Å². The summed E-state index contributed by atoms with van der Waals surface area (Å²) in [5.41, 5.74) is 1.59. The van der Waals surface area contributed by atoms with Gasteiger partial charge < -0.3 is 9.47 Å². The zero-order chi connectivity index (χ0) is 16.1. The molecule has 1 aliphatic rings. The third-order valence-electron chi connectivity index (χ3n) is 3.35. The Labute approximate surface area is 137 Å². The number of thiol groups is 1. The Morgan fingerprint density at radius 3 is 2.70 bits per heavy atom. The number of benzene rings is 1. The lowest BCUT2D eigenvalue weighted by Crippen LogP contribution is -2.01. The van der Waals surface area contributed by atoms with Crippen LogP contribution >= 0.6 is 10.9 Å². The standard InChI is InChI=1S/C18H17NO3S/c1-21-18(20)15-7-8-17(19-11-15)23-10-9-16(13-23)22-12-14-5-3-2-4-6-14/h2-11,13,23H,12H2,1H3. The number of pyridine rings is 1. The van der Waals surface area contributed by atoms with Crippen LogP contribution < -0.4 is 0 Å². The maximum atomic E-state index is 11.4. The van der Waals surface area contributed by atoms with E-state index in [2.05, 4.69) is 20.5 Å². The molecule has 118 valence electrons. The Kier molecular flexibility index (Phi) is 4.78. The van der Waals surface area contributed by atoms with Gasteiger partial charge in [0.1, 0.15) is 12.4 Å². The normalized spacial score (nSPS) is 17.6. The van der Waals surface area contributed by atoms with E-state index in [-0.39, 0.29) is 5.97 Å². The summed E-state index contributed by atoms with van der Waals surface area (Å²) < 4.78 is 10.5. The van der Waals surface area contributed by atoms with Gasteiger partial charge in [-0.2, -0.15) is 10.9 Å². The molecule has 4 nitrogen and oxygen atoms in total. The molecule has 2 aromatic rings. The Morgan fingerprint density at radius 1 is 1.17 bits per heavy atom. The Balaban J connectivity index is 1.63. The summed E-state index contributed by atoms with van der Waals surface area (Å²) in [6.45, 7) is 0.550. The van der Waals surface area contributed by atoms with Crippen LogP contribution in [0.4, 0.5) is 0 Å². The van der Waals surface area contributed by atoms with E-state index in [1.807, 2.05) is 42.5 Å². The number of carbonyl (C=O) groups excluding carboxylic acids is 1. The summed E-state index contributed by atoms with van der Waals surface area (Å²) in [6, 6.07) is 13.7. The number of carbonyl (C=O) groups is 1. The van der Waals surface area contributed by atoms with Gasteiger partial charge in [-0.1, -0.05) is 30.3 Å². The third-order valence-corrected chi connectivity index (χ3v) is 5.14. The number of allylic oxidation sites excluding steroid dienone is 1. The van der Waals surface area contributed by atoms with Gasteiger partial charge in [-0.3, -0.25) is 4.98 Å². The SMILES string of the molecule is COC(=O)c1ccc([SH]2C=CC(OCc3ccccc3)=C2)nc1. The molecule has 3 rings (SSSR count). The van der Waals surface area contributed by atoms with Crippen molar-refractivity contribution in [3.63, 3.8) is 0 Å². The zero-order valence-corrected chi connectivity index (χ0v) is 13.6. The number of nitrogens with zero attached hydrogens (tertiary/aromatic N) is 1. The minimum absolute atomic E-state index is 0.374. The first kappa shape index (κ1) is 15.4. The molecule has 0 spiro atoms. The summed E-state index contributed by atoms with van der Waals surface area (Å²) >= 11 is 0. The van der Waals surface area contributed by atoms with Crippen LogP contribution in [-0.2, 0) is 16.1 Å². The Morgan fingerprint density at radius 2 is 2.00 bits per heavy atom. The zero-order valence-electron chi connectivity index (χ0n) is 12.7. The highest BCUT2D eigenvalue weighted by molar-refractivity contribution is 8.22. The summed E-state index contributed by atoms with van der Waals surface area (Å²) in [6.07, 6.45) is 3.53. The molecule has 0 radical (unpaired) electrons. The summed E-state index contributed by atoms with van der Waals surface area (Å²) in [5, 5.41) is 5.11. The fourth-order valence-corrected chi connectivity index (χ4v) is 3.67. The molecule has 1 atom stereocenters. The number of ether oxygens (including phenoxy) is 2. The lowest BCUT2D eigenvalue weighted by molar-refractivity contribution is 0.0600. The summed E-state index contributed by atoms with van der Waals surface area (Å²) in [5.74, 6) is 0.486. The van der Waals surface area contributed by atoms with Gasteiger partial charge in [0.15, 0.2) is 0 Å². The second-order valence-corrected chi connectivity index (χ2v) is 6.75. The summed E-state index contributed by atoms with van der Waals surface area (Å²) in [7, 11) is 0.734. The van der Waals surface area contributed by atoms with E-state index in [1.165, 1.54) is 7.11 Å². The highest BCUT2D eigenvalue weighted by Crippen LogP contribution is 2.43. The van der Waals surface area contributed by atoms with Crippen LogP contribution in [0.25, 0.3) is 0 Å². The summed E-state index contributed by atoms with van der Waals surface area (Å²) in [4.78, 5) is 15.8. The quantitative estimate of drug-likeness (QED) is 0.670.